The zero-order chi connectivity index (χ0) is 14.3. The van der Waals surface area contributed by atoms with E-state index in [-0.39, 0.29) is 6.61 Å². The lowest BCUT2D eigenvalue weighted by Gasteiger charge is -2.24. The van der Waals surface area contributed by atoms with Gasteiger partial charge in [0.2, 0.25) is 6.41 Å². The number of carbonyl (C=O) groups excluding carboxylic acids is 2. The van der Waals surface area contributed by atoms with Gasteiger partial charge in [0.15, 0.2) is 6.04 Å². The van der Waals surface area contributed by atoms with E-state index in [0.717, 1.165) is 10.6 Å². The van der Waals surface area contributed by atoms with E-state index in [1.54, 1.807) is 31.2 Å². The Labute approximate surface area is 117 Å². The van der Waals surface area contributed by atoms with Crippen LogP contribution in [-0.4, -0.2) is 37.2 Å². The Bertz CT molecular complexity index is 421. The Balaban J connectivity index is 2.87. The van der Waals surface area contributed by atoms with Gasteiger partial charge in [-0.3, -0.25) is 9.63 Å². The third kappa shape index (κ3) is 4.54. The van der Waals surface area contributed by atoms with E-state index in [9.17, 15) is 9.59 Å². The number of rotatable bonds is 7. The van der Waals surface area contributed by atoms with Crippen LogP contribution in [0.4, 0.5) is 0 Å². The van der Waals surface area contributed by atoms with E-state index in [2.05, 4.69) is 0 Å². The highest BCUT2D eigenvalue weighted by molar-refractivity contribution is 6.30. The van der Waals surface area contributed by atoms with Crippen LogP contribution in [-0.2, 0) is 25.6 Å². The molecule has 1 rings (SSSR count). The second-order valence-corrected chi connectivity index (χ2v) is 4.19. The number of hydroxylamine groups is 2. The third-order valence-corrected chi connectivity index (χ3v) is 2.76. The van der Waals surface area contributed by atoms with Gasteiger partial charge in [-0.1, -0.05) is 23.7 Å². The summed E-state index contributed by atoms with van der Waals surface area (Å²) in [5, 5.41) is 1.58. The molecular formula is C13H16ClNO4. The van der Waals surface area contributed by atoms with Gasteiger partial charge in [0, 0.05) is 11.4 Å². The summed E-state index contributed by atoms with van der Waals surface area (Å²) >= 11 is 5.79. The molecule has 5 nitrogen and oxygen atoms in total. The summed E-state index contributed by atoms with van der Waals surface area (Å²) in [5.74, 6) is -0.532. The summed E-state index contributed by atoms with van der Waals surface area (Å²) in [6, 6.07) is 6.19. The maximum absolute atomic E-state index is 11.7. The number of halogens is 1. The Hall–Kier alpha value is -1.59. The van der Waals surface area contributed by atoms with Crippen molar-refractivity contribution in [1.82, 2.24) is 5.06 Å². The van der Waals surface area contributed by atoms with E-state index in [1.807, 2.05) is 0 Å². The first-order chi connectivity index (χ1) is 9.12. The molecule has 0 saturated carbocycles. The van der Waals surface area contributed by atoms with Gasteiger partial charge in [-0.05, 0) is 24.6 Å². The number of methoxy groups -OCH3 is 1. The maximum Gasteiger partial charge on any atom is 0.331 e. The fourth-order valence-electron chi connectivity index (χ4n) is 1.60. The highest BCUT2D eigenvalue weighted by Gasteiger charge is 2.27. The zero-order valence-electron chi connectivity index (χ0n) is 10.8. The van der Waals surface area contributed by atoms with Crippen molar-refractivity contribution in [1.29, 1.82) is 0 Å². The molecule has 19 heavy (non-hydrogen) atoms. The van der Waals surface area contributed by atoms with Crippen molar-refractivity contribution in [3.63, 3.8) is 0 Å². The van der Waals surface area contributed by atoms with Crippen LogP contribution < -0.4 is 0 Å². The van der Waals surface area contributed by atoms with Crippen LogP contribution in [0.2, 0.25) is 5.02 Å². The molecule has 0 aliphatic carbocycles. The van der Waals surface area contributed by atoms with Crippen LogP contribution in [0.1, 0.15) is 12.5 Å². The van der Waals surface area contributed by atoms with E-state index >= 15 is 0 Å². The van der Waals surface area contributed by atoms with Crippen molar-refractivity contribution < 1.29 is 19.2 Å². The van der Waals surface area contributed by atoms with E-state index in [0.29, 0.717) is 17.9 Å². The van der Waals surface area contributed by atoms with Crippen LogP contribution in [0.3, 0.4) is 0 Å². The molecule has 0 aromatic heterocycles. The molecule has 1 aromatic rings. The standard InChI is InChI=1S/C13H16ClNO4/c1-3-19-15(9-16)12(13(17)18-2)8-10-4-6-11(14)7-5-10/h4-7,9,12H,3,8H2,1-2H3. The van der Waals surface area contributed by atoms with Crippen LogP contribution in [0, 0.1) is 0 Å². The quantitative estimate of drug-likeness (QED) is 0.436. The fraction of sp³-hybridized carbons (Fsp3) is 0.385. The first-order valence-corrected chi connectivity index (χ1v) is 6.19. The number of hydrogen-bond donors (Lipinski definition) is 0. The minimum absolute atomic E-state index is 0.285. The summed E-state index contributed by atoms with van der Waals surface area (Å²) in [7, 11) is 1.27. The molecule has 0 aliphatic heterocycles. The summed E-state index contributed by atoms with van der Waals surface area (Å²) in [5.41, 5.74) is 0.853. The normalized spacial score (nSPS) is 11.7. The first kappa shape index (κ1) is 15.5. The molecular weight excluding hydrogens is 270 g/mol. The van der Waals surface area contributed by atoms with Crippen LogP contribution in [0.15, 0.2) is 24.3 Å². The summed E-state index contributed by atoms with van der Waals surface area (Å²) in [6.07, 6.45) is 0.767. The monoisotopic (exact) mass is 285 g/mol. The Kier molecular flexibility index (Phi) is 6.32. The van der Waals surface area contributed by atoms with Crippen molar-refractivity contribution in [2.75, 3.05) is 13.7 Å². The predicted molar refractivity (Wildman–Crippen MR) is 70.5 cm³/mol. The average Bonchev–Trinajstić information content (AvgIpc) is 2.43. The molecule has 0 N–H and O–H groups in total. The van der Waals surface area contributed by atoms with Crippen LogP contribution >= 0.6 is 11.6 Å². The molecule has 0 bridgehead atoms. The Morgan fingerprint density at radius 2 is 2.05 bits per heavy atom. The lowest BCUT2D eigenvalue weighted by atomic mass is 10.1. The number of ether oxygens (including phenoxy) is 1. The first-order valence-electron chi connectivity index (χ1n) is 5.81. The molecule has 1 aromatic carbocycles. The van der Waals surface area contributed by atoms with Crippen molar-refractivity contribution in [3.8, 4) is 0 Å². The largest absolute Gasteiger partial charge is 0.467 e. The molecule has 1 amide bonds. The minimum Gasteiger partial charge on any atom is -0.467 e. The van der Waals surface area contributed by atoms with Crippen molar-refractivity contribution in [2.24, 2.45) is 0 Å². The number of hydrogen-bond acceptors (Lipinski definition) is 4. The minimum atomic E-state index is -0.816. The summed E-state index contributed by atoms with van der Waals surface area (Å²) < 4.78 is 4.69. The van der Waals surface area contributed by atoms with E-state index in [4.69, 9.17) is 21.2 Å². The van der Waals surface area contributed by atoms with E-state index < -0.39 is 12.0 Å². The predicted octanol–water partition coefficient (Wildman–Crippen LogP) is 1.83. The third-order valence-electron chi connectivity index (χ3n) is 2.50. The summed E-state index contributed by atoms with van der Waals surface area (Å²) in [6.45, 7) is 2.01. The number of carbonyl (C=O) groups is 2. The smallest absolute Gasteiger partial charge is 0.331 e. The fourth-order valence-corrected chi connectivity index (χ4v) is 1.73. The van der Waals surface area contributed by atoms with Gasteiger partial charge in [0.25, 0.3) is 0 Å². The molecule has 0 radical (unpaired) electrons. The lowest BCUT2D eigenvalue weighted by molar-refractivity contribution is -0.195. The Morgan fingerprint density at radius 1 is 1.42 bits per heavy atom. The number of amides is 1. The molecule has 6 heteroatoms. The Morgan fingerprint density at radius 3 is 2.53 bits per heavy atom. The van der Waals surface area contributed by atoms with Crippen LogP contribution in [0.25, 0.3) is 0 Å². The van der Waals surface area contributed by atoms with E-state index in [1.165, 1.54) is 7.11 Å². The zero-order valence-corrected chi connectivity index (χ0v) is 11.6. The SMILES string of the molecule is CCON(C=O)C(Cc1ccc(Cl)cc1)C(=O)OC. The molecule has 0 spiro atoms. The number of esters is 1. The highest BCUT2D eigenvalue weighted by Crippen LogP contribution is 2.14. The summed E-state index contributed by atoms with van der Waals surface area (Å²) in [4.78, 5) is 27.8. The number of nitrogens with zero attached hydrogens (tertiary/aromatic N) is 1. The molecule has 1 atom stereocenters. The van der Waals surface area contributed by atoms with Crippen molar-refractivity contribution in [2.45, 2.75) is 19.4 Å². The molecule has 104 valence electrons. The van der Waals surface area contributed by atoms with Crippen molar-refractivity contribution in [3.05, 3.63) is 34.9 Å². The van der Waals surface area contributed by atoms with Gasteiger partial charge in [-0.15, -0.1) is 0 Å². The molecule has 0 fully saturated rings. The van der Waals surface area contributed by atoms with Gasteiger partial charge in [0.05, 0.1) is 13.7 Å². The second kappa shape index (κ2) is 7.76. The topological polar surface area (TPSA) is 55.8 Å². The van der Waals surface area contributed by atoms with Gasteiger partial charge in [-0.2, -0.15) is 0 Å². The van der Waals surface area contributed by atoms with Gasteiger partial charge >= 0.3 is 5.97 Å². The molecule has 0 heterocycles. The average molecular weight is 286 g/mol. The van der Waals surface area contributed by atoms with Gasteiger partial charge < -0.3 is 4.74 Å². The van der Waals surface area contributed by atoms with Crippen molar-refractivity contribution >= 4 is 24.0 Å². The van der Waals surface area contributed by atoms with Crippen LogP contribution in [0.5, 0.6) is 0 Å². The molecule has 1 unspecified atom stereocenters. The molecule has 0 aliphatic rings. The lowest BCUT2D eigenvalue weighted by Crippen LogP contribution is -2.42. The second-order valence-electron chi connectivity index (χ2n) is 3.75. The number of benzene rings is 1. The van der Waals surface area contributed by atoms with Gasteiger partial charge in [0.1, 0.15) is 0 Å². The highest BCUT2D eigenvalue weighted by atomic mass is 35.5. The van der Waals surface area contributed by atoms with Gasteiger partial charge in [-0.25, -0.2) is 9.86 Å². The molecule has 0 saturated heterocycles. The maximum atomic E-state index is 11.7.